The van der Waals surface area contributed by atoms with Gasteiger partial charge in [0.1, 0.15) is 5.82 Å². The van der Waals surface area contributed by atoms with Crippen LogP contribution in [-0.4, -0.2) is 50.1 Å². The third-order valence-electron chi connectivity index (χ3n) is 5.07. The quantitative estimate of drug-likeness (QED) is 0.760. The second-order valence-corrected chi connectivity index (χ2v) is 7.09. The first kappa shape index (κ1) is 19.7. The maximum atomic E-state index is 13.7. The lowest BCUT2D eigenvalue weighted by atomic mass is 10.0. The van der Waals surface area contributed by atoms with E-state index >= 15 is 0 Å². The van der Waals surface area contributed by atoms with Gasteiger partial charge in [0.05, 0.1) is 19.8 Å². The average molecular weight is 370 g/mol. The Bertz CT molecular complexity index is 770. The van der Waals surface area contributed by atoms with E-state index in [0.717, 1.165) is 26.3 Å². The van der Waals surface area contributed by atoms with Gasteiger partial charge in [-0.3, -0.25) is 9.69 Å². The molecule has 1 fully saturated rings. The van der Waals surface area contributed by atoms with Crippen LogP contribution in [0, 0.1) is 19.7 Å². The zero-order chi connectivity index (χ0) is 19.2. The molecule has 27 heavy (non-hydrogen) atoms. The van der Waals surface area contributed by atoms with E-state index in [9.17, 15) is 9.18 Å². The van der Waals surface area contributed by atoms with E-state index in [4.69, 9.17) is 4.74 Å². The lowest BCUT2D eigenvalue weighted by Gasteiger charge is -2.35. The van der Waals surface area contributed by atoms with Crippen LogP contribution in [0.15, 0.2) is 42.5 Å². The van der Waals surface area contributed by atoms with E-state index < -0.39 is 0 Å². The highest BCUT2D eigenvalue weighted by atomic mass is 19.1. The minimum absolute atomic E-state index is 0.0986. The number of carbonyl (C=O) groups is 1. The maximum Gasteiger partial charge on any atom is 0.176 e. The Balaban J connectivity index is 1.64. The largest absolute Gasteiger partial charge is 0.379 e. The van der Waals surface area contributed by atoms with Gasteiger partial charge in [-0.25, -0.2) is 4.39 Å². The van der Waals surface area contributed by atoms with Crippen LogP contribution in [0.4, 0.5) is 4.39 Å². The predicted molar refractivity (Wildman–Crippen MR) is 105 cm³/mol. The van der Waals surface area contributed by atoms with Crippen molar-refractivity contribution >= 4 is 5.78 Å². The molecule has 1 unspecified atom stereocenters. The number of halogens is 1. The van der Waals surface area contributed by atoms with Gasteiger partial charge in [0, 0.05) is 31.2 Å². The summed E-state index contributed by atoms with van der Waals surface area (Å²) in [6.07, 6.45) is 0. The highest BCUT2D eigenvalue weighted by Gasteiger charge is 2.22. The molecular weight excluding hydrogens is 343 g/mol. The van der Waals surface area contributed by atoms with Crippen molar-refractivity contribution in [2.45, 2.75) is 19.9 Å². The molecule has 3 rings (SSSR count). The van der Waals surface area contributed by atoms with E-state index in [1.165, 1.54) is 17.2 Å². The van der Waals surface area contributed by atoms with E-state index in [1.54, 1.807) is 19.1 Å². The Hall–Kier alpha value is -2.08. The summed E-state index contributed by atoms with van der Waals surface area (Å²) >= 11 is 0. The fourth-order valence-corrected chi connectivity index (χ4v) is 3.33. The Morgan fingerprint density at radius 1 is 1.15 bits per heavy atom. The summed E-state index contributed by atoms with van der Waals surface area (Å²) in [6.45, 7) is 7.81. The number of Topliss-reactive ketones (excluding diaryl/α,β-unsaturated/α-hetero) is 1. The molecule has 1 N–H and O–H groups in total. The van der Waals surface area contributed by atoms with Gasteiger partial charge in [-0.05, 0) is 31.0 Å². The number of nitrogens with one attached hydrogen (secondary N) is 1. The molecule has 1 atom stereocenters. The van der Waals surface area contributed by atoms with Crippen molar-refractivity contribution in [1.29, 1.82) is 0 Å². The van der Waals surface area contributed by atoms with Crippen LogP contribution in [0.3, 0.4) is 0 Å². The van der Waals surface area contributed by atoms with Gasteiger partial charge < -0.3 is 10.1 Å². The number of benzene rings is 2. The van der Waals surface area contributed by atoms with E-state index in [-0.39, 0.29) is 24.2 Å². The molecule has 0 bridgehead atoms. The summed E-state index contributed by atoms with van der Waals surface area (Å²) in [5.41, 5.74) is 3.41. The van der Waals surface area contributed by atoms with Crippen LogP contribution in [0.1, 0.15) is 33.1 Å². The number of ether oxygens (including phenoxy) is 1. The number of carbonyl (C=O) groups excluding carboxylic acids is 1. The number of nitrogens with zero attached hydrogens (tertiary/aromatic N) is 1. The Morgan fingerprint density at radius 3 is 2.52 bits per heavy atom. The topological polar surface area (TPSA) is 41.6 Å². The minimum atomic E-state index is -0.341. The number of rotatable bonds is 7. The van der Waals surface area contributed by atoms with Crippen LogP contribution < -0.4 is 5.32 Å². The lowest BCUT2D eigenvalue weighted by molar-refractivity contribution is 0.0162. The fourth-order valence-electron chi connectivity index (χ4n) is 3.33. The number of hydrogen-bond donors (Lipinski definition) is 1. The van der Waals surface area contributed by atoms with Gasteiger partial charge in [0.25, 0.3) is 0 Å². The first-order chi connectivity index (χ1) is 13.0. The van der Waals surface area contributed by atoms with Crippen molar-refractivity contribution in [2.75, 3.05) is 39.4 Å². The van der Waals surface area contributed by atoms with Crippen molar-refractivity contribution in [2.24, 2.45) is 0 Å². The maximum absolute atomic E-state index is 13.7. The Kier molecular flexibility index (Phi) is 6.72. The monoisotopic (exact) mass is 370 g/mol. The molecule has 4 nitrogen and oxygen atoms in total. The molecule has 0 amide bonds. The van der Waals surface area contributed by atoms with E-state index in [0.29, 0.717) is 17.7 Å². The van der Waals surface area contributed by atoms with Crippen LogP contribution in [0.25, 0.3) is 0 Å². The lowest BCUT2D eigenvalue weighted by Crippen LogP contribution is -2.43. The number of hydrogen-bond acceptors (Lipinski definition) is 4. The van der Waals surface area contributed by atoms with Gasteiger partial charge in [-0.15, -0.1) is 0 Å². The summed E-state index contributed by atoms with van der Waals surface area (Å²) in [5.74, 6) is -0.440. The zero-order valence-electron chi connectivity index (χ0n) is 16.0. The standard InChI is InChI=1S/C22H27FN2O2/c1-16-3-6-18(7-4-16)21(25-9-11-27-12-10-25)14-24-15-22(26)19-8-5-17(2)20(23)13-19/h3-8,13,21,24H,9-12,14-15H2,1-2H3. The molecule has 0 saturated carbocycles. The van der Waals surface area contributed by atoms with Gasteiger partial charge >= 0.3 is 0 Å². The molecule has 5 heteroatoms. The molecule has 0 radical (unpaired) electrons. The average Bonchev–Trinajstić information content (AvgIpc) is 2.69. The molecule has 1 heterocycles. The normalized spacial score (nSPS) is 16.3. The van der Waals surface area contributed by atoms with Crippen molar-refractivity contribution in [3.63, 3.8) is 0 Å². The summed E-state index contributed by atoms with van der Waals surface area (Å²) in [4.78, 5) is 14.8. The first-order valence-corrected chi connectivity index (χ1v) is 9.43. The fraction of sp³-hybridized carbons (Fsp3) is 0.409. The molecule has 0 aliphatic carbocycles. The number of morpholine rings is 1. The molecule has 144 valence electrons. The van der Waals surface area contributed by atoms with Gasteiger partial charge in [0.2, 0.25) is 0 Å². The smallest absolute Gasteiger partial charge is 0.176 e. The molecule has 1 aliphatic rings. The van der Waals surface area contributed by atoms with E-state index in [2.05, 4.69) is 41.4 Å². The van der Waals surface area contributed by atoms with Crippen molar-refractivity contribution in [1.82, 2.24) is 10.2 Å². The minimum Gasteiger partial charge on any atom is -0.379 e. The van der Waals surface area contributed by atoms with Crippen molar-refractivity contribution in [3.8, 4) is 0 Å². The molecule has 1 aliphatic heterocycles. The SMILES string of the molecule is Cc1ccc(C(CNCC(=O)c2ccc(C)c(F)c2)N2CCOCC2)cc1. The molecule has 0 aromatic heterocycles. The predicted octanol–water partition coefficient (Wildman–Crippen LogP) is 3.29. The van der Waals surface area contributed by atoms with Crippen LogP contribution in [0.5, 0.6) is 0 Å². The summed E-state index contributed by atoms with van der Waals surface area (Å²) in [5, 5.41) is 3.27. The number of ketones is 1. The first-order valence-electron chi connectivity index (χ1n) is 9.43. The van der Waals surface area contributed by atoms with Gasteiger partial charge in [0.15, 0.2) is 5.78 Å². The van der Waals surface area contributed by atoms with Gasteiger partial charge in [-0.1, -0.05) is 42.0 Å². The van der Waals surface area contributed by atoms with Crippen LogP contribution in [0.2, 0.25) is 0 Å². The number of aryl methyl sites for hydroxylation is 2. The second-order valence-electron chi connectivity index (χ2n) is 7.09. The van der Waals surface area contributed by atoms with Crippen LogP contribution in [-0.2, 0) is 4.74 Å². The molecule has 2 aromatic carbocycles. The van der Waals surface area contributed by atoms with E-state index in [1.807, 2.05) is 0 Å². The molecular formula is C22H27FN2O2. The zero-order valence-corrected chi connectivity index (χ0v) is 16.0. The highest BCUT2D eigenvalue weighted by Crippen LogP contribution is 2.22. The molecule has 2 aromatic rings. The Labute approximate surface area is 160 Å². The third-order valence-corrected chi connectivity index (χ3v) is 5.07. The van der Waals surface area contributed by atoms with Crippen LogP contribution >= 0.6 is 0 Å². The summed E-state index contributed by atoms with van der Waals surface area (Å²) in [6, 6.07) is 13.3. The second kappa shape index (κ2) is 9.22. The molecule has 0 spiro atoms. The van der Waals surface area contributed by atoms with Crippen molar-refractivity contribution in [3.05, 3.63) is 70.5 Å². The highest BCUT2D eigenvalue weighted by molar-refractivity contribution is 5.97. The van der Waals surface area contributed by atoms with Gasteiger partial charge in [-0.2, -0.15) is 0 Å². The Morgan fingerprint density at radius 2 is 1.85 bits per heavy atom. The third kappa shape index (κ3) is 5.22. The molecule has 1 saturated heterocycles. The van der Waals surface area contributed by atoms with Crippen molar-refractivity contribution < 1.29 is 13.9 Å². The summed E-state index contributed by atoms with van der Waals surface area (Å²) in [7, 11) is 0. The summed E-state index contributed by atoms with van der Waals surface area (Å²) < 4.78 is 19.2.